The minimum Gasteiger partial charge on any atom is -0.468 e. The molecule has 0 saturated heterocycles. The fraction of sp³-hybridized carbons (Fsp3) is 0.286. The van der Waals surface area contributed by atoms with Crippen LogP contribution < -0.4 is 10.5 Å². The maximum Gasteiger partial charge on any atom is 0.241 e. The van der Waals surface area contributed by atoms with E-state index in [2.05, 4.69) is 4.72 Å². The van der Waals surface area contributed by atoms with Gasteiger partial charge in [-0.05, 0) is 48.7 Å². The molecule has 1 aromatic heterocycles. The molecule has 6 heteroatoms. The molecule has 3 N–H and O–H groups in total. The first-order valence-electron chi connectivity index (χ1n) is 6.26. The lowest BCUT2D eigenvalue weighted by Crippen LogP contribution is -2.24. The van der Waals surface area contributed by atoms with Crippen molar-refractivity contribution in [1.29, 1.82) is 0 Å². The normalized spacial score (nSPS) is 11.8. The second-order valence-corrected chi connectivity index (χ2v) is 6.38. The molecule has 108 valence electrons. The first-order valence-corrected chi connectivity index (χ1v) is 7.74. The zero-order chi connectivity index (χ0) is 14.8. The summed E-state index contributed by atoms with van der Waals surface area (Å²) in [4.78, 5) is 0.268. The van der Waals surface area contributed by atoms with Crippen LogP contribution in [0.1, 0.15) is 22.5 Å². The van der Waals surface area contributed by atoms with Gasteiger partial charge in [-0.1, -0.05) is 6.07 Å². The van der Waals surface area contributed by atoms with Crippen LogP contribution in [0, 0.1) is 13.8 Å². The van der Waals surface area contributed by atoms with Crippen molar-refractivity contribution in [3.8, 4) is 0 Å². The molecule has 2 aromatic rings. The molecule has 0 aliphatic carbocycles. The van der Waals surface area contributed by atoms with Gasteiger partial charge in [0.15, 0.2) is 0 Å². The summed E-state index contributed by atoms with van der Waals surface area (Å²) in [6.07, 6.45) is 1.51. The number of nitrogens with two attached hydrogens (primary N) is 1. The molecule has 5 nitrogen and oxygen atoms in total. The monoisotopic (exact) mass is 294 g/mol. The lowest BCUT2D eigenvalue weighted by atomic mass is 10.1. The number of hydrogen-bond donors (Lipinski definition) is 2. The summed E-state index contributed by atoms with van der Waals surface area (Å²) in [6, 6.07) is 6.96. The van der Waals surface area contributed by atoms with Gasteiger partial charge >= 0.3 is 0 Å². The summed E-state index contributed by atoms with van der Waals surface area (Å²) in [5.41, 5.74) is 8.04. The standard InChI is InChI=1S/C14H18N2O3S/c1-10-6-12(8-15)7-14(11(10)2)20(17,18)16-9-13-4-3-5-19-13/h3-7,16H,8-9,15H2,1-2H3. The zero-order valence-corrected chi connectivity index (χ0v) is 12.3. The highest BCUT2D eigenvalue weighted by molar-refractivity contribution is 7.89. The number of aryl methyl sites for hydroxylation is 1. The maximum atomic E-state index is 12.4. The number of rotatable bonds is 5. The van der Waals surface area contributed by atoms with E-state index in [4.69, 9.17) is 10.2 Å². The van der Waals surface area contributed by atoms with E-state index in [0.717, 1.165) is 16.7 Å². The average molecular weight is 294 g/mol. The van der Waals surface area contributed by atoms with Gasteiger partial charge in [0.05, 0.1) is 17.7 Å². The van der Waals surface area contributed by atoms with Crippen LogP contribution in [0.2, 0.25) is 0 Å². The zero-order valence-electron chi connectivity index (χ0n) is 11.5. The molecular weight excluding hydrogens is 276 g/mol. The van der Waals surface area contributed by atoms with Crippen LogP contribution in [-0.2, 0) is 23.1 Å². The van der Waals surface area contributed by atoms with Crippen LogP contribution in [0.5, 0.6) is 0 Å². The second kappa shape index (κ2) is 5.78. The SMILES string of the molecule is Cc1cc(CN)cc(S(=O)(=O)NCc2ccco2)c1C. The van der Waals surface area contributed by atoms with Crippen molar-refractivity contribution in [2.75, 3.05) is 0 Å². The molecule has 0 unspecified atom stereocenters. The number of sulfonamides is 1. The minimum atomic E-state index is -3.59. The van der Waals surface area contributed by atoms with Crippen molar-refractivity contribution in [2.24, 2.45) is 5.73 Å². The van der Waals surface area contributed by atoms with Crippen molar-refractivity contribution >= 4 is 10.0 Å². The van der Waals surface area contributed by atoms with Crippen molar-refractivity contribution in [3.63, 3.8) is 0 Å². The van der Waals surface area contributed by atoms with Crippen LogP contribution in [0.15, 0.2) is 39.8 Å². The summed E-state index contributed by atoms with van der Waals surface area (Å²) in [5, 5.41) is 0. The van der Waals surface area contributed by atoms with Gasteiger partial charge in [0.2, 0.25) is 10.0 Å². The predicted molar refractivity (Wildman–Crippen MR) is 76.5 cm³/mol. The highest BCUT2D eigenvalue weighted by Crippen LogP contribution is 2.21. The third-order valence-electron chi connectivity index (χ3n) is 3.22. The molecule has 0 fully saturated rings. The lowest BCUT2D eigenvalue weighted by molar-refractivity contribution is 0.498. The summed E-state index contributed by atoms with van der Waals surface area (Å²) >= 11 is 0. The van der Waals surface area contributed by atoms with E-state index in [1.54, 1.807) is 25.1 Å². The van der Waals surface area contributed by atoms with E-state index in [0.29, 0.717) is 12.3 Å². The number of benzene rings is 1. The molecule has 2 rings (SSSR count). The summed E-state index contributed by atoms with van der Waals surface area (Å²) in [7, 11) is -3.59. The van der Waals surface area contributed by atoms with E-state index in [1.165, 1.54) is 6.26 Å². The first kappa shape index (κ1) is 14.8. The molecule has 20 heavy (non-hydrogen) atoms. The Labute approximate surface area is 118 Å². The fourth-order valence-electron chi connectivity index (χ4n) is 1.95. The van der Waals surface area contributed by atoms with Crippen LogP contribution in [0.4, 0.5) is 0 Å². The Bertz CT molecular complexity index is 691. The van der Waals surface area contributed by atoms with E-state index >= 15 is 0 Å². The van der Waals surface area contributed by atoms with E-state index in [9.17, 15) is 8.42 Å². The van der Waals surface area contributed by atoms with Gasteiger partial charge in [-0.3, -0.25) is 0 Å². The van der Waals surface area contributed by atoms with Crippen molar-refractivity contribution in [1.82, 2.24) is 4.72 Å². The molecule has 0 radical (unpaired) electrons. The van der Waals surface area contributed by atoms with Gasteiger partial charge in [0, 0.05) is 6.54 Å². The van der Waals surface area contributed by atoms with Crippen molar-refractivity contribution in [2.45, 2.75) is 31.8 Å². The molecule has 0 aliphatic heterocycles. The average Bonchev–Trinajstić information content (AvgIpc) is 2.92. The third-order valence-corrected chi connectivity index (χ3v) is 4.75. The molecule has 0 spiro atoms. The van der Waals surface area contributed by atoms with E-state index in [1.807, 2.05) is 13.0 Å². The summed E-state index contributed by atoms with van der Waals surface area (Å²) in [5.74, 6) is 0.568. The predicted octanol–water partition coefficient (Wildman–Crippen LogP) is 1.83. The molecule has 0 bridgehead atoms. The Morgan fingerprint density at radius 1 is 1.30 bits per heavy atom. The quantitative estimate of drug-likeness (QED) is 0.881. The molecule has 0 saturated carbocycles. The Morgan fingerprint density at radius 2 is 2.05 bits per heavy atom. The van der Waals surface area contributed by atoms with Gasteiger partial charge in [0.1, 0.15) is 5.76 Å². The lowest BCUT2D eigenvalue weighted by Gasteiger charge is -2.12. The van der Waals surface area contributed by atoms with Crippen LogP contribution in [-0.4, -0.2) is 8.42 Å². The summed E-state index contributed by atoms with van der Waals surface area (Å²) < 4.78 is 32.4. The Kier molecular flexibility index (Phi) is 4.27. The van der Waals surface area contributed by atoms with Crippen molar-refractivity contribution < 1.29 is 12.8 Å². The largest absolute Gasteiger partial charge is 0.468 e. The fourth-order valence-corrected chi connectivity index (χ4v) is 3.31. The third kappa shape index (κ3) is 3.09. The number of nitrogens with one attached hydrogen (secondary N) is 1. The van der Waals surface area contributed by atoms with Gasteiger partial charge in [-0.25, -0.2) is 13.1 Å². The molecular formula is C14H18N2O3S. The van der Waals surface area contributed by atoms with Gasteiger partial charge < -0.3 is 10.2 Å². The first-order chi connectivity index (χ1) is 9.44. The topological polar surface area (TPSA) is 85.3 Å². The van der Waals surface area contributed by atoms with Crippen LogP contribution in [0.3, 0.4) is 0 Å². The Morgan fingerprint density at radius 3 is 2.65 bits per heavy atom. The molecule has 0 aliphatic rings. The molecule has 1 heterocycles. The van der Waals surface area contributed by atoms with Crippen LogP contribution in [0.25, 0.3) is 0 Å². The van der Waals surface area contributed by atoms with Gasteiger partial charge in [0.25, 0.3) is 0 Å². The number of hydrogen-bond acceptors (Lipinski definition) is 4. The number of furan rings is 1. The van der Waals surface area contributed by atoms with Gasteiger partial charge in [-0.2, -0.15) is 0 Å². The molecule has 0 atom stereocenters. The van der Waals surface area contributed by atoms with Gasteiger partial charge in [-0.15, -0.1) is 0 Å². The molecule has 1 aromatic carbocycles. The van der Waals surface area contributed by atoms with Crippen molar-refractivity contribution in [3.05, 3.63) is 53.0 Å². The second-order valence-electron chi connectivity index (χ2n) is 4.64. The van der Waals surface area contributed by atoms with Crippen LogP contribution >= 0.6 is 0 Å². The maximum absolute atomic E-state index is 12.4. The smallest absolute Gasteiger partial charge is 0.241 e. The van der Waals surface area contributed by atoms with E-state index < -0.39 is 10.0 Å². The molecule has 0 amide bonds. The Hall–Kier alpha value is -1.63. The Balaban J connectivity index is 2.31. The summed E-state index contributed by atoms with van der Waals surface area (Å²) in [6.45, 7) is 4.10. The highest BCUT2D eigenvalue weighted by Gasteiger charge is 2.19. The van der Waals surface area contributed by atoms with E-state index in [-0.39, 0.29) is 11.4 Å². The minimum absolute atomic E-state index is 0.126. The highest BCUT2D eigenvalue weighted by atomic mass is 32.2.